The molecule has 0 unspecified atom stereocenters. The average Bonchev–Trinajstić information content (AvgIpc) is 1.54. The fraction of sp³-hybridized carbons (Fsp3) is 0.500. The zero-order valence-corrected chi connectivity index (χ0v) is 68.3. The van der Waals surface area contributed by atoms with E-state index in [0.29, 0.717) is 89.6 Å². The van der Waals surface area contributed by atoms with Crippen molar-refractivity contribution in [3.8, 4) is 0 Å². The highest BCUT2D eigenvalue weighted by Gasteiger charge is 2.40. The fourth-order valence-corrected chi connectivity index (χ4v) is 20.3. The number of nitrogens with zero attached hydrogens (tertiary/aromatic N) is 15. The second kappa shape index (κ2) is 32.2. The molecule has 6 fully saturated rings. The Morgan fingerprint density at radius 2 is 0.918 bits per heavy atom. The van der Waals surface area contributed by atoms with Gasteiger partial charge in [-0.15, -0.1) is 0 Å². The number of aromatic amines is 4. The Morgan fingerprint density at radius 3 is 1.37 bits per heavy atom. The van der Waals surface area contributed by atoms with Crippen LogP contribution in [0.1, 0.15) is 110 Å². The Morgan fingerprint density at radius 1 is 0.482 bits per heavy atom. The second-order valence-corrected chi connectivity index (χ2v) is 37.6. The van der Waals surface area contributed by atoms with E-state index in [1.165, 1.54) is 53.2 Å². The molecule has 10 heterocycles. The van der Waals surface area contributed by atoms with Crippen LogP contribution in [-0.2, 0) is 52.9 Å². The number of sulfonamides is 3. The van der Waals surface area contributed by atoms with Crippen LogP contribution in [0.15, 0.2) is 91.6 Å². The minimum absolute atomic E-state index is 0.0975. The van der Waals surface area contributed by atoms with Crippen molar-refractivity contribution < 1.29 is 48.0 Å². The zero-order chi connectivity index (χ0) is 79.4. The summed E-state index contributed by atoms with van der Waals surface area (Å²) >= 11 is 18.7. The number of aryl methyl sites for hydroxylation is 1. The summed E-state index contributed by atoms with van der Waals surface area (Å²) in [6, 6.07) is 18.4. The molecule has 1 saturated carbocycles. The number of piperidine rings is 1. The highest BCUT2D eigenvalue weighted by atomic mass is 35.5. The van der Waals surface area contributed by atoms with E-state index in [1.54, 1.807) is 28.7 Å². The number of rotatable bonds is 9. The molecule has 27 nitrogen and oxygen atoms in total. The number of carbonyl (C=O) groups excluding carboxylic acids is 2. The summed E-state index contributed by atoms with van der Waals surface area (Å²) in [5.74, 6) is 0.829. The van der Waals surface area contributed by atoms with Crippen LogP contribution in [0.3, 0.4) is 0 Å². The van der Waals surface area contributed by atoms with Gasteiger partial charge in [-0.2, -0.15) is 47.3 Å². The molecule has 6 aliphatic rings. The Hall–Kier alpha value is -8.02. The molecule has 0 radical (unpaired) electrons. The first-order valence-electron chi connectivity index (χ1n) is 36.6. The number of benzene rings is 5. The van der Waals surface area contributed by atoms with E-state index in [0.717, 1.165) is 119 Å². The first-order chi connectivity index (χ1) is 51.7. The number of aromatic nitrogens is 10. The first-order valence-corrected chi connectivity index (χ1v) is 43.2. The fourth-order valence-electron chi connectivity index (χ4n) is 16.5. The van der Waals surface area contributed by atoms with Crippen LogP contribution in [0.25, 0.3) is 54.5 Å². The minimum atomic E-state index is -4.43. The van der Waals surface area contributed by atoms with Crippen LogP contribution in [0.2, 0.25) is 15.1 Å². The molecule has 4 atom stereocenters. The summed E-state index contributed by atoms with van der Waals surface area (Å²) in [6.45, 7) is 23.8. The number of piperazine rings is 4. The molecular formula is C74H95Cl3F3N19O8S3. The number of halogens is 6. The van der Waals surface area contributed by atoms with Crippen molar-refractivity contribution >= 4 is 154 Å². The molecule has 5 aromatic heterocycles. The van der Waals surface area contributed by atoms with E-state index in [4.69, 9.17) is 34.8 Å². The van der Waals surface area contributed by atoms with Crippen molar-refractivity contribution in [1.29, 1.82) is 0 Å². The highest BCUT2D eigenvalue weighted by Crippen LogP contribution is 2.44. The zero-order valence-electron chi connectivity index (χ0n) is 63.6. The largest absolute Gasteiger partial charge is 0.416 e. The number of H-pyrrole nitrogens is 4. The number of amides is 2. The number of carbonyl (C=O) groups is 2. The number of nitrogens with one attached hydrogen (secondary N) is 4. The quantitative estimate of drug-likeness (QED) is 0.104. The summed E-state index contributed by atoms with van der Waals surface area (Å²) in [7, 11) is -7.64. The molecule has 2 amide bonds. The van der Waals surface area contributed by atoms with Gasteiger partial charge >= 0.3 is 6.18 Å². The summed E-state index contributed by atoms with van der Waals surface area (Å²) < 4.78 is 116. The van der Waals surface area contributed by atoms with Crippen molar-refractivity contribution in [2.45, 2.75) is 129 Å². The third kappa shape index (κ3) is 18.2. The lowest BCUT2D eigenvalue weighted by Gasteiger charge is -2.47. The molecule has 36 heteroatoms. The van der Waals surface area contributed by atoms with Crippen molar-refractivity contribution in [2.24, 2.45) is 7.05 Å². The normalized spacial score (nSPS) is 20.8. The van der Waals surface area contributed by atoms with Crippen LogP contribution in [0.5, 0.6) is 0 Å². The standard InChI is InChI=1S/C16H21ClN4O.C15H19ClN4O.C15H20N4O2S.C14H19ClN4O2S.C14H16F3N3O2S/c1-11(22)21-6-5-20(10-16(21,2)3)15-8-12(17)7-14-13(15)9-18-19(14)4;1-9-7-19(8-10(2)20(9)11(3)21)15-5-12(16)4-14-13(15)6-17-18-14;1-22(20,21)19-6-4-18(5-7-19)15-9-12(11-2-3-11)8-14-13(15)10-16-17-14;1-9-7-18(8-10(2)19(9)22(3,20)21)14-5-11(15)4-13-12(14)6-16-17-13;1-23(21,22)20-4-2-9(3-5-20)11-6-10(14(15,16)17)7-13-12(11)8-18-19-13/h7-9H,5-6,10H2,1-4H3;4-6,9-10H,7-8H2,1-3H3,(H,17,18);8-11H,2-7H2,1H3,(H,16,17);4-6,9-10H,7-8H2,1-3H3,(H,16,17);6-9H,2-5H2,1H3,(H,18,19)/t;9-,10-;;9-,10-;/m.1.1./s1. The second-order valence-electron chi connectivity index (χ2n) is 30.4. The van der Waals surface area contributed by atoms with Crippen LogP contribution >= 0.6 is 34.8 Å². The number of fused-ring (bicyclic) bond motifs is 5. The third-order valence-corrected chi connectivity index (χ3v) is 26.3. The van der Waals surface area contributed by atoms with Gasteiger partial charge < -0.3 is 29.4 Å². The predicted molar refractivity (Wildman–Crippen MR) is 429 cm³/mol. The number of alkyl halides is 3. The van der Waals surface area contributed by atoms with Gasteiger partial charge in [0.15, 0.2) is 0 Å². The van der Waals surface area contributed by atoms with E-state index in [1.807, 2.05) is 90.4 Å². The summed E-state index contributed by atoms with van der Waals surface area (Å²) in [4.78, 5) is 36.5. The van der Waals surface area contributed by atoms with E-state index >= 15 is 0 Å². The molecule has 5 aromatic carbocycles. The SMILES string of the molecule is CC(=O)N1CCN(c2cc(Cl)cc3c2cnn3C)CC1(C)C.CC(=O)N1[C@H](C)CN(c2cc(Cl)cc3[nH]ncc23)C[C@H]1C.CS(=O)(=O)N1CCC(c2cc(C(F)(F)F)cc3[nH]ncc23)CC1.CS(=O)(=O)N1CCN(c2cc(C3CC3)cc3[nH]ncc23)CC1.C[C@@H]1CN(c2cc(Cl)cc3[nH]ncc23)C[C@@H](C)N1S(C)(=O)=O. The van der Waals surface area contributed by atoms with Gasteiger partial charge in [0.05, 0.1) is 88.4 Å². The summed E-state index contributed by atoms with van der Waals surface area (Å²) in [5.41, 5.74) is 9.63. The molecule has 5 saturated heterocycles. The highest BCUT2D eigenvalue weighted by molar-refractivity contribution is 7.88. The van der Waals surface area contributed by atoms with Gasteiger partial charge in [0, 0.05) is 195 Å². The molecule has 594 valence electrons. The lowest BCUT2D eigenvalue weighted by Crippen LogP contribution is -2.60. The molecule has 16 rings (SSSR count). The van der Waals surface area contributed by atoms with Gasteiger partial charge in [-0.25, -0.2) is 29.6 Å². The van der Waals surface area contributed by atoms with E-state index < -0.39 is 41.8 Å². The molecule has 4 N–H and O–H groups in total. The summed E-state index contributed by atoms with van der Waals surface area (Å²) in [5, 5.41) is 39.1. The van der Waals surface area contributed by atoms with Crippen LogP contribution in [0, 0.1) is 0 Å². The van der Waals surface area contributed by atoms with Crippen LogP contribution in [0.4, 0.5) is 35.9 Å². The maximum Gasteiger partial charge on any atom is 0.416 e. The predicted octanol–water partition coefficient (Wildman–Crippen LogP) is 11.7. The van der Waals surface area contributed by atoms with Gasteiger partial charge in [-0.1, -0.05) is 34.8 Å². The van der Waals surface area contributed by atoms with Gasteiger partial charge in [0.2, 0.25) is 41.9 Å². The van der Waals surface area contributed by atoms with Crippen LogP contribution in [-0.4, -0.2) is 244 Å². The molecule has 0 spiro atoms. The Labute approximate surface area is 653 Å². The van der Waals surface area contributed by atoms with Gasteiger partial charge in [-0.05, 0) is 151 Å². The van der Waals surface area contributed by atoms with E-state index in [-0.39, 0.29) is 47.4 Å². The Bertz CT molecular complexity index is 5360. The summed E-state index contributed by atoms with van der Waals surface area (Å²) in [6.07, 6.45) is 11.7. The number of anilines is 4. The molecule has 0 bridgehead atoms. The lowest BCUT2D eigenvalue weighted by molar-refractivity contribution is -0.137. The van der Waals surface area contributed by atoms with Crippen molar-refractivity contribution in [2.75, 3.05) is 123 Å². The number of hydrogen-bond donors (Lipinski definition) is 4. The van der Waals surface area contributed by atoms with Crippen molar-refractivity contribution in [3.63, 3.8) is 0 Å². The van der Waals surface area contributed by atoms with E-state index in [2.05, 4.69) is 105 Å². The Kier molecular flexibility index (Phi) is 23.9. The first kappa shape index (κ1) is 81.5. The monoisotopic (exact) mass is 1640 g/mol. The lowest BCUT2D eigenvalue weighted by atomic mass is 9.87. The number of hydrogen-bond acceptors (Lipinski definition) is 17. The van der Waals surface area contributed by atoms with Gasteiger partial charge in [0.1, 0.15) is 0 Å². The van der Waals surface area contributed by atoms with Crippen LogP contribution < -0.4 is 19.6 Å². The van der Waals surface area contributed by atoms with E-state index in [9.17, 15) is 48.0 Å². The smallest absolute Gasteiger partial charge is 0.368 e. The molecule has 110 heavy (non-hydrogen) atoms. The van der Waals surface area contributed by atoms with Gasteiger partial charge in [0.25, 0.3) is 0 Å². The molecule has 10 aromatic rings. The average molecular weight is 1640 g/mol. The van der Waals surface area contributed by atoms with Crippen molar-refractivity contribution in [1.82, 2.24) is 73.3 Å². The van der Waals surface area contributed by atoms with Gasteiger partial charge in [-0.3, -0.25) is 34.7 Å². The maximum absolute atomic E-state index is 13.1. The molecular weight excluding hydrogens is 1540 g/mol. The molecule has 1 aliphatic carbocycles. The minimum Gasteiger partial charge on any atom is -0.368 e. The topological polar surface area (TPSA) is 298 Å². The Balaban J connectivity index is 0.000000128. The van der Waals surface area contributed by atoms with Crippen molar-refractivity contribution in [3.05, 3.63) is 123 Å². The third-order valence-electron chi connectivity index (χ3n) is 21.6. The maximum atomic E-state index is 13.1. The molecule has 5 aliphatic heterocycles.